The van der Waals surface area contributed by atoms with Gasteiger partial charge in [0.05, 0.1) is 24.8 Å². The van der Waals surface area contributed by atoms with Crippen molar-refractivity contribution in [3.05, 3.63) is 65.9 Å². The minimum Gasteiger partial charge on any atom is -0.420 e. The Morgan fingerprint density at radius 1 is 1.35 bits per heavy atom. The van der Waals surface area contributed by atoms with Crippen molar-refractivity contribution in [1.29, 1.82) is 0 Å². The summed E-state index contributed by atoms with van der Waals surface area (Å²) in [5.74, 6) is 4.96. The Balaban J connectivity index is 1.58. The van der Waals surface area contributed by atoms with E-state index < -0.39 is 5.41 Å². The number of rotatable bonds is 10. The van der Waals surface area contributed by atoms with Gasteiger partial charge in [-0.2, -0.15) is 11.0 Å². The highest BCUT2D eigenvalue weighted by molar-refractivity contribution is 5.99. The second kappa shape index (κ2) is 9.98. The molecule has 2 heterocycles. The minimum absolute atomic E-state index is 0.119. The van der Waals surface area contributed by atoms with E-state index in [0.717, 1.165) is 18.5 Å². The van der Waals surface area contributed by atoms with Crippen molar-refractivity contribution in [1.82, 2.24) is 19.7 Å². The third-order valence-corrected chi connectivity index (χ3v) is 5.69. The number of methoxy groups -OCH3 is 1. The number of anilines is 2. The van der Waals surface area contributed by atoms with Crippen LogP contribution in [-0.2, 0) is 27.3 Å². The zero-order valence-corrected chi connectivity index (χ0v) is 18.7. The summed E-state index contributed by atoms with van der Waals surface area (Å²) in [7, 11) is 1.57. The van der Waals surface area contributed by atoms with Crippen LogP contribution in [0, 0.1) is 11.2 Å². The van der Waals surface area contributed by atoms with Crippen LogP contribution in [0.25, 0.3) is 11.5 Å². The van der Waals surface area contributed by atoms with Gasteiger partial charge in [-0.15, -0.1) is 0 Å². The molecule has 0 radical (unpaired) electrons. The zero-order valence-electron chi connectivity index (χ0n) is 18.7. The van der Waals surface area contributed by atoms with Crippen molar-refractivity contribution >= 4 is 17.4 Å². The van der Waals surface area contributed by atoms with Crippen LogP contribution in [0.4, 0.5) is 15.9 Å². The van der Waals surface area contributed by atoms with Crippen molar-refractivity contribution in [2.75, 3.05) is 24.8 Å². The molecular formula is C23H26FN7O3. The third-order valence-electron chi connectivity index (χ3n) is 5.69. The van der Waals surface area contributed by atoms with Crippen LogP contribution in [0.1, 0.15) is 24.1 Å². The molecule has 1 fully saturated rings. The highest BCUT2D eigenvalue weighted by Gasteiger charge is 2.50. The highest BCUT2D eigenvalue weighted by atomic mass is 19.1. The Labute approximate surface area is 195 Å². The Kier molecular flexibility index (Phi) is 6.85. The molecule has 3 aromatic rings. The molecule has 0 spiro atoms. The summed E-state index contributed by atoms with van der Waals surface area (Å²) in [5, 5.41) is 7.36. The standard InChI is InChI=1S/C23H26FN7O3/c1-33-14-23(8-9-23)22(32)28-19-12-27-21(29-20(19)25)18-11-16(6-4-10-34-26)31(30-18)13-15-5-2-3-7-17(15)24/h2-5,7,10-12H,6,8-9,13-14,26H2,1H3,(H,28,32)(H2,25,27,29). The van der Waals surface area contributed by atoms with Crippen LogP contribution in [0.15, 0.2) is 48.9 Å². The van der Waals surface area contributed by atoms with Crippen molar-refractivity contribution in [2.24, 2.45) is 11.3 Å². The summed E-state index contributed by atoms with van der Waals surface area (Å²) in [6.45, 7) is 0.564. The molecule has 1 aliphatic rings. The van der Waals surface area contributed by atoms with E-state index >= 15 is 0 Å². The fourth-order valence-electron chi connectivity index (χ4n) is 3.61. The lowest BCUT2D eigenvalue weighted by atomic mass is 10.1. The number of nitrogens with two attached hydrogens (primary N) is 2. The number of nitrogens with one attached hydrogen (secondary N) is 1. The van der Waals surface area contributed by atoms with Crippen molar-refractivity contribution < 1.29 is 18.8 Å². The molecule has 0 unspecified atom stereocenters. The average molecular weight is 468 g/mol. The molecule has 4 rings (SSSR count). The maximum absolute atomic E-state index is 14.2. The summed E-state index contributed by atoms with van der Waals surface area (Å²) in [4.78, 5) is 25.7. The number of allylic oxidation sites excluding steroid dienone is 1. The Morgan fingerprint density at radius 3 is 2.82 bits per heavy atom. The number of nitrogens with zero attached hydrogens (tertiary/aromatic N) is 4. The number of nitrogen functional groups attached to an aromatic ring is 1. The van der Waals surface area contributed by atoms with Gasteiger partial charge in [0.2, 0.25) is 5.91 Å². The molecule has 0 aliphatic heterocycles. The van der Waals surface area contributed by atoms with Crippen LogP contribution < -0.4 is 16.9 Å². The van der Waals surface area contributed by atoms with E-state index in [0.29, 0.717) is 30.0 Å². The average Bonchev–Trinajstić information content (AvgIpc) is 3.51. The summed E-state index contributed by atoms with van der Waals surface area (Å²) < 4.78 is 21.0. The second-order valence-corrected chi connectivity index (χ2v) is 8.14. The first-order valence-electron chi connectivity index (χ1n) is 10.7. The van der Waals surface area contributed by atoms with Crippen molar-refractivity contribution in [3.63, 3.8) is 0 Å². The molecular weight excluding hydrogens is 441 g/mol. The maximum atomic E-state index is 14.2. The fraction of sp³-hybridized carbons (Fsp3) is 0.304. The molecule has 1 aromatic carbocycles. The Bertz CT molecular complexity index is 1210. The van der Waals surface area contributed by atoms with Gasteiger partial charge < -0.3 is 20.6 Å². The quantitative estimate of drug-likeness (QED) is 0.305. The number of halogens is 1. The van der Waals surface area contributed by atoms with Gasteiger partial charge in [0.1, 0.15) is 23.5 Å². The van der Waals surface area contributed by atoms with Crippen LogP contribution in [-0.4, -0.2) is 39.4 Å². The van der Waals surface area contributed by atoms with Gasteiger partial charge in [-0.1, -0.05) is 18.2 Å². The first kappa shape index (κ1) is 23.3. The summed E-state index contributed by atoms with van der Waals surface area (Å²) in [6.07, 6.45) is 6.47. The number of aromatic nitrogens is 4. The molecule has 178 valence electrons. The third kappa shape index (κ3) is 5.05. The van der Waals surface area contributed by atoms with E-state index in [-0.39, 0.29) is 29.9 Å². The summed E-state index contributed by atoms with van der Waals surface area (Å²) in [6, 6.07) is 8.28. The number of amides is 1. The summed E-state index contributed by atoms with van der Waals surface area (Å²) in [5.41, 5.74) is 7.63. The smallest absolute Gasteiger partial charge is 0.233 e. The van der Waals surface area contributed by atoms with E-state index in [1.54, 1.807) is 42.1 Å². The van der Waals surface area contributed by atoms with Gasteiger partial charge in [-0.3, -0.25) is 9.48 Å². The largest absolute Gasteiger partial charge is 0.420 e. The molecule has 2 aromatic heterocycles. The van der Waals surface area contributed by atoms with E-state index in [1.165, 1.54) is 18.5 Å². The number of ether oxygens (including phenoxy) is 1. The van der Waals surface area contributed by atoms with Gasteiger partial charge in [-0.25, -0.2) is 14.4 Å². The lowest BCUT2D eigenvalue weighted by molar-refractivity contribution is -0.122. The molecule has 0 atom stereocenters. The number of hydrogen-bond acceptors (Lipinski definition) is 8. The number of hydrogen-bond donors (Lipinski definition) is 3. The van der Waals surface area contributed by atoms with E-state index in [9.17, 15) is 9.18 Å². The highest BCUT2D eigenvalue weighted by Crippen LogP contribution is 2.46. The molecule has 11 heteroatoms. The number of carbonyl (C=O) groups excluding carboxylic acids is 1. The van der Waals surface area contributed by atoms with Crippen LogP contribution >= 0.6 is 0 Å². The minimum atomic E-state index is -0.513. The Hall–Kier alpha value is -3.83. The van der Waals surface area contributed by atoms with E-state index in [4.69, 9.17) is 16.4 Å². The van der Waals surface area contributed by atoms with Gasteiger partial charge in [0.25, 0.3) is 0 Å². The van der Waals surface area contributed by atoms with Crippen LogP contribution in [0.5, 0.6) is 0 Å². The molecule has 1 aliphatic carbocycles. The molecule has 5 N–H and O–H groups in total. The zero-order chi connectivity index (χ0) is 24.1. The summed E-state index contributed by atoms with van der Waals surface area (Å²) >= 11 is 0. The van der Waals surface area contributed by atoms with E-state index in [1.807, 2.05) is 0 Å². The van der Waals surface area contributed by atoms with Gasteiger partial charge >= 0.3 is 0 Å². The second-order valence-electron chi connectivity index (χ2n) is 8.14. The molecule has 0 bridgehead atoms. The fourth-order valence-corrected chi connectivity index (χ4v) is 3.61. The first-order chi connectivity index (χ1) is 16.5. The normalized spacial score (nSPS) is 14.3. The van der Waals surface area contributed by atoms with Gasteiger partial charge in [0, 0.05) is 24.8 Å². The molecule has 1 amide bonds. The Morgan fingerprint density at radius 2 is 2.15 bits per heavy atom. The van der Waals surface area contributed by atoms with Gasteiger partial charge in [0.15, 0.2) is 11.6 Å². The van der Waals surface area contributed by atoms with Crippen molar-refractivity contribution in [3.8, 4) is 11.5 Å². The van der Waals surface area contributed by atoms with Crippen molar-refractivity contribution in [2.45, 2.75) is 25.8 Å². The lowest BCUT2D eigenvalue weighted by Gasteiger charge is -2.14. The van der Waals surface area contributed by atoms with Crippen LogP contribution in [0.2, 0.25) is 0 Å². The number of carbonyl (C=O) groups is 1. The SMILES string of the molecule is COCC1(C(=O)Nc2cnc(-c3cc(CC=CON)n(Cc4ccccc4F)n3)nc2N)CC1. The van der Waals surface area contributed by atoms with Crippen LogP contribution in [0.3, 0.4) is 0 Å². The lowest BCUT2D eigenvalue weighted by Crippen LogP contribution is -2.28. The maximum Gasteiger partial charge on any atom is 0.233 e. The molecule has 1 saturated carbocycles. The van der Waals surface area contributed by atoms with Gasteiger partial charge in [-0.05, 0) is 31.1 Å². The predicted molar refractivity (Wildman–Crippen MR) is 123 cm³/mol. The predicted octanol–water partition coefficient (Wildman–Crippen LogP) is 2.42. The monoisotopic (exact) mass is 467 g/mol. The molecule has 34 heavy (non-hydrogen) atoms. The topological polar surface area (TPSA) is 143 Å². The molecule has 0 saturated heterocycles. The first-order valence-corrected chi connectivity index (χ1v) is 10.7. The van der Waals surface area contributed by atoms with E-state index in [2.05, 4.69) is 25.2 Å². The number of benzene rings is 1. The molecule has 10 nitrogen and oxygen atoms in total.